The van der Waals surface area contributed by atoms with Gasteiger partial charge in [0, 0.05) is 5.56 Å². The Bertz CT molecular complexity index is 470. The number of hydrogen-bond acceptors (Lipinski definition) is 3. The highest BCUT2D eigenvalue weighted by atomic mass is 35.5. The van der Waals surface area contributed by atoms with Gasteiger partial charge in [-0.2, -0.15) is 0 Å². The Balaban J connectivity index is 3.26. The van der Waals surface area contributed by atoms with Crippen molar-refractivity contribution in [1.82, 2.24) is 0 Å². The minimum Gasteiger partial charge on any atom is -0.276 e. The van der Waals surface area contributed by atoms with E-state index in [0.29, 0.717) is 5.56 Å². The van der Waals surface area contributed by atoms with Gasteiger partial charge in [-0.1, -0.05) is 24.8 Å². The lowest BCUT2D eigenvalue weighted by Crippen LogP contribution is -1.99. The zero-order valence-corrected chi connectivity index (χ0v) is 9.42. The molecule has 0 saturated heterocycles. The third kappa shape index (κ3) is 3.18. The van der Waals surface area contributed by atoms with Crippen LogP contribution in [0, 0.1) is 0 Å². The second-order valence-corrected chi connectivity index (χ2v) is 4.21. The van der Waals surface area contributed by atoms with Gasteiger partial charge in [0.25, 0.3) is 5.24 Å². The quantitative estimate of drug-likeness (QED) is 0.649. The van der Waals surface area contributed by atoms with Crippen LogP contribution in [0.5, 0.6) is 0 Å². The number of carbonyl (C=O) groups is 1. The SMILES string of the molecule is C=Cc1ccc(C[SH](=O)=O)c(C(=O)Cl)c1. The van der Waals surface area contributed by atoms with Gasteiger partial charge in [0.05, 0.1) is 5.75 Å². The molecular weight excluding hydrogens is 236 g/mol. The topological polar surface area (TPSA) is 51.2 Å². The molecule has 0 aliphatic rings. The fraction of sp³-hybridized carbons (Fsp3) is 0.100. The van der Waals surface area contributed by atoms with Gasteiger partial charge >= 0.3 is 0 Å². The lowest BCUT2D eigenvalue weighted by atomic mass is 10.1. The third-order valence-electron chi connectivity index (χ3n) is 1.88. The summed E-state index contributed by atoms with van der Waals surface area (Å²) in [4.78, 5) is 11.1. The minimum atomic E-state index is -2.57. The summed E-state index contributed by atoms with van der Waals surface area (Å²) in [6, 6.07) is 4.78. The van der Waals surface area contributed by atoms with Crippen molar-refractivity contribution < 1.29 is 13.2 Å². The van der Waals surface area contributed by atoms with Crippen molar-refractivity contribution in [3.8, 4) is 0 Å². The first-order valence-electron chi connectivity index (χ1n) is 4.11. The van der Waals surface area contributed by atoms with Gasteiger partial charge in [0.1, 0.15) is 10.7 Å². The van der Waals surface area contributed by atoms with Crippen molar-refractivity contribution in [2.24, 2.45) is 0 Å². The Labute approximate surface area is 94.3 Å². The van der Waals surface area contributed by atoms with E-state index in [1.165, 1.54) is 6.07 Å². The molecule has 0 spiro atoms. The van der Waals surface area contributed by atoms with E-state index < -0.39 is 15.9 Å². The van der Waals surface area contributed by atoms with Crippen LogP contribution in [-0.2, 0) is 16.5 Å². The summed E-state index contributed by atoms with van der Waals surface area (Å²) in [5.41, 5.74) is 1.36. The largest absolute Gasteiger partial charge is 0.276 e. The Morgan fingerprint density at radius 1 is 1.47 bits per heavy atom. The fourth-order valence-electron chi connectivity index (χ4n) is 1.18. The van der Waals surface area contributed by atoms with E-state index in [2.05, 4.69) is 6.58 Å². The van der Waals surface area contributed by atoms with Crippen molar-refractivity contribution in [2.45, 2.75) is 5.75 Å². The smallest absolute Gasteiger partial charge is 0.252 e. The number of rotatable bonds is 4. The highest BCUT2D eigenvalue weighted by Gasteiger charge is 2.09. The minimum absolute atomic E-state index is 0.180. The average Bonchev–Trinajstić information content (AvgIpc) is 2.17. The van der Waals surface area contributed by atoms with E-state index in [4.69, 9.17) is 11.6 Å². The summed E-state index contributed by atoms with van der Waals surface area (Å²) in [7, 11) is -2.57. The molecule has 0 atom stereocenters. The molecule has 1 rings (SSSR count). The van der Waals surface area contributed by atoms with Gasteiger partial charge < -0.3 is 0 Å². The van der Waals surface area contributed by atoms with E-state index in [9.17, 15) is 13.2 Å². The molecule has 0 bridgehead atoms. The highest BCUT2D eigenvalue weighted by molar-refractivity contribution is 7.71. The van der Waals surface area contributed by atoms with Crippen LogP contribution >= 0.6 is 11.6 Å². The molecule has 5 heteroatoms. The van der Waals surface area contributed by atoms with E-state index in [-0.39, 0.29) is 11.3 Å². The van der Waals surface area contributed by atoms with Crippen LogP contribution in [0.3, 0.4) is 0 Å². The number of thiol groups is 1. The Hall–Kier alpha value is -1.13. The molecule has 80 valence electrons. The van der Waals surface area contributed by atoms with Gasteiger partial charge in [0.15, 0.2) is 0 Å². The molecule has 0 amide bonds. The van der Waals surface area contributed by atoms with Crippen LogP contribution in [0.25, 0.3) is 6.08 Å². The summed E-state index contributed by atoms with van der Waals surface area (Å²) in [6.07, 6.45) is 1.56. The standard InChI is InChI=1S/C10H9ClO3S/c1-2-7-3-4-8(6-15(13)14)9(5-7)10(11)12/h2-5,15H,1,6H2. The number of hydrogen-bond donors (Lipinski definition) is 1. The van der Waals surface area contributed by atoms with Gasteiger partial charge in [-0.3, -0.25) is 4.79 Å². The van der Waals surface area contributed by atoms with Crippen LogP contribution in [0.1, 0.15) is 21.5 Å². The van der Waals surface area contributed by atoms with Crippen LogP contribution in [0.4, 0.5) is 0 Å². The molecule has 1 aromatic carbocycles. The fourth-order valence-corrected chi connectivity index (χ4v) is 1.91. The summed E-state index contributed by atoms with van der Waals surface area (Å²) in [5, 5.41) is -0.662. The third-order valence-corrected chi connectivity index (χ3v) is 2.68. The van der Waals surface area contributed by atoms with Crippen LogP contribution < -0.4 is 0 Å². The van der Waals surface area contributed by atoms with E-state index in [0.717, 1.165) is 5.56 Å². The monoisotopic (exact) mass is 244 g/mol. The maximum Gasteiger partial charge on any atom is 0.252 e. The van der Waals surface area contributed by atoms with Crippen LogP contribution in [0.15, 0.2) is 24.8 Å². The zero-order chi connectivity index (χ0) is 11.4. The molecule has 0 aliphatic carbocycles. The molecule has 0 unspecified atom stereocenters. The predicted molar refractivity (Wildman–Crippen MR) is 60.7 cm³/mol. The van der Waals surface area contributed by atoms with Crippen molar-refractivity contribution in [2.75, 3.05) is 0 Å². The lowest BCUT2D eigenvalue weighted by Gasteiger charge is -2.03. The van der Waals surface area contributed by atoms with Gasteiger partial charge in [-0.15, -0.1) is 0 Å². The van der Waals surface area contributed by atoms with Crippen molar-refractivity contribution in [3.63, 3.8) is 0 Å². The summed E-state index contributed by atoms with van der Waals surface area (Å²) < 4.78 is 21.1. The molecule has 0 N–H and O–H groups in total. The van der Waals surface area contributed by atoms with Gasteiger partial charge in [-0.05, 0) is 28.8 Å². The molecule has 0 fully saturated rings. The maximum atomic E-state index is 11.1. The second kappa shape index (κ2) is 5.09. The second-order valence-electron chi connectivity index (χ2n) is 2.89. The molecule has 0 heterocycles. The summed E-state index contributed by atoms with van der Waals surface area (Å²) >= 11 is 5.35. The first kappa shape index (κ1) is 11.9. The maximum absolute atomic E-state index is 11.1. The normalized spacial score (nSPS) is 10.3. The zero-order valence-electron chi connectivity index (χ0n) is 7.77. The lowest BCUT2D eigenvalue weighted by molar-refractivity contribution is 0.108. The molecule has 15 heavy (non-hydrogen) atoms. The van der Waals surface area contributed by atoms with E-state index in [1.54, 1.807) is 18.2 Å². The summed E-state index contributed by atoms with van der Waals surface area (Å²) in [6.45, 7) is 3.55. The van der Waals surface area contributed by atoms with Gasteiger partial charge in [-0.25, -0.2) is 8.42 Å². The van der Waals surface area contributed by atoms with Crippen LogP contribution in [0.2, 0.25) is 0 Å². The van der Waals surface area contributed by atoms with Crippen molar-refractivity contribution in [3.05, 3.63) is 41.5 Å². The molecule has 3 nitrogen and oxygen atoms in total. The Morgan fingerprint density at radius 2 is 2.13 bits per heavy atom. The molecule has 1 aromatic rings. The predicted octanol–water partition coefficient (Wildman–Crippen LogP) is 1.82. The number of carbonyl (C=O) groups excluding carboxylic acids is 1. The number of benzene rings is 1. The van der Waals surface area contributed by atoms with Crippen molar-refractivity contribution >= 4 is 33.6 Å². The van der Waals surface area contributed by atoms with Crippen molar-refractivity contribution in [1.29, 1.82) is 0 Å². The molecule has 0 aromatic heterocycles. The Morgan fingerprint density at radius 3 is 2.60 bits per heavy atom. The van der Waals surface area contributed by atoms with Gasteiger partial charge in [0.2, 0.25) is 0 Å². The van der Waals surface area contributed by atoms with E-state index >= 15 is 0 Å². The Kier molecular flexibility index (Phi) is 4.05. The molecular formula is C10H9ClO3S. The molecule has 0 aliphatic heterocycles. The number of halogens is 1. The highest BCUT2D eigenvalue weighted by Crippen LogP contribution is 2.16. The first-order chi connectivity index (χ1) is 7.04. The molecule has 0 radical (unpaired) electrons. The first-order valence-corrected chi connectivity index (χ1v) is 5.85. The summed E-state index contributed by atoms with van der Waals surface area (Å²) in [5.74, 6) is -0.180. The van der Waals surface area contributed by atoms with Crippen LogP contribution in [-0.4, -0.2) is 13.7 Å². The van der Waals surface area contributed by atoms with E-state index in [1.807, 2.05) is 0 Å². The average molecular weight is 245 g/mol. The molecule has 0 saturated carbocycles.